The van der Waals surface area contributed by atoms with Crippen LogP contribution in [0.2, 0.25) is 0 Å². The van der Waals surface area contributed by atoms with Crippen LogP contribution in [-0.2, 0) is 0 Å². The summed E-state index contributed by atoms with van der Waals surface area (Å²) in [4.78, 5) is 15.1. The molecule has 6 nitrogen and oxygen atoms in total. The quantitative estimate of drug-likeness (QED) is 0.797. The third kappa shape index (κ3) is 2.91. The zero-order chi connectivity index (χ0) is 12.3. The van der Waals surface area contributed by atoms with Crippen molar-refractivity contribution in [3.05, 3.63) is 17.8 Å². The Bertz CT molecular complexity index is 393. The Labute approximate surface area is 99.9 Å². The third-order valence-electron chi connectivity index (χ3n) is 2.91. The average molecular weight is 236 g/mol. The van der Waals surface area contributed by atoms with Crippen LogP contribution < -0.4 is 4.90 Å². The molecule has 0 radical (unpaired) electrons. The molecule has 1 aromatic heterocycles. The van der Waals surface area contributed by atoms with Crippen LogP contribution in [0.25, 0.3) is 0 Å². The predicted molar refractivity (Wildman–Crippen MR) is 63.3 cm³/mol. The first-order valence-corrected chi connectivity index (χ1v) is 5.67. The molecular formula is C11H16N4O2. The molecule has 0 saturated carbocycles. The maximum Gasteiger partial charge on any atom is 0.356 e. The molecule has 17 heavy (non-hydrogen) atoms. The van der Waals surface area contributed by atoms with Crippen LogP contribution >= 0.6 is 0 Å². The second-order valence-electron chi connectivity index (χ2n) is 4.23. The molecule has 1 aliphatic heterocycles. The number of hydrogen-bond acceptors (Lipinski definition) is 5. The molecular weight excluding hydrogens is 220 g/mol. The monoisotopic (exact) mass is 236 g/mol. The molecule has 1 aliphatic rings. The van der Waals surface area contributed by atoms with Gasteiger partial charge in [-0.2, -0.15) is 0 Å². The van der Waals surface area contributed by atoms with Crippen LogP contribution in [0.1, 0.15) is 16.9 Å². The van der Waals surface area contributed by atoms with Crippen LogP contribution in [0.4, 0.5) is 5.82 Å². The van der Waals surface area contributed by atoms with Gasteiger partial charge in [0.05, 0.1) is 0 Å². The van der Waals surface area contributed by atoms with Crippen molar-refractivity contribution in [2.75, 3.05) is 38.1 Å². The first kappa shape index (κ1) is 11.8. The molecule has 1 saturated heterocycles. The van der Waals surface area contributed by atoms with E-state index in [1.807, 2.05) is 0 Å². The van der Waals surface area contributed by atoms with Crippen LogP contribution in [0, 0.1) is 0 Å². The summed E-state index contributed by atoms with van der Waals surface area (Å²) >= 11 is 0. The number of aromatic carboxylic acids is 1. The standard InChI is InChI=1S/C11H16N4O2/c1-14-5-2-6-15(8-7-14)10-4-3-9(11(16)17)12-13-10/h3-4H,2,5-8H2,1H3,(H,16,17). The molecule has 0 bridgehead atoms. The Morgan fingerprint density at radius 2 is 2.06 bits per heavy atom. The molecule has 0 aliphatic carbocycles. The average Bonchev–Trinajstić information content (AvgIpc) is 2.54. The lowest BCUT2D eigenvalue weighted by atomic mass is 10.3. The van der Waals surface area contributed by atoms with Crippen molar-refractivity contribution in [2.24, 2.45) is 0 Å². The van der Waals surface area contributed by atoms with Crippen molar-refractivity contribution < 1.29 is 9.90 Å². The molecule has 1 fully saturated rings. The van der Waals surface area contributed by atoms with E-state index in [4.69, 9.17) is 5.11 Å². The molecule has 0 atom stereocenters. The van der Waals surface area contributed by atoms with E-state index in [-0.39, 0.29) is 5.69 Å². The van der Waals surface area contributed by atoms with E-state index in [2.05, 4.69) is 27.0 Å². The molecule has 2 heterocycles. The van der Waals surface area contributed by atoms with Gasteiger partial charge in [0.2, 0.25) is 0 Å². The maximum absolute atomic E-state index is 10.7. The van der Waals surface area contributed by atoms with Gasteiger partial charge in [0.25, 0.3) is 0 Å². The van der Waals surface area contributed by atoms with Crippen LogP contribution in [0.5, 0.6) is 0 Å². The summed E-state index contributed by atoms with van der Waals surface area (Å²) in [7, 11) is 2.10. The van der Waals surface area contributed by atoms with Crippen LogP contribution in [0.3, 0.4) is 0 Å². The number of carboxylic acid groups (broad SMARTS) is 1. The highest BCUT2D eigenvalue weighted by Gasteiger charge is 2.14. The molecule has 0 spiro atoms. The van der Waals surface area contributed by atoms with Crippen molar-refractivity contribution in [1.29, 1.82) is 0 Å². The molecule has 0 amide bonds. The van der Waals surface area contributed by atoms with Gasteiger partial charge in [-0.1, -0.05) is 0 Å². The van der Waals surface area contributed by atoms with Gasteiger partial charge >= 0.3 is 5.97 Å². The molecule has 92 valence electrons. The summed E-state index contributed by atoms with van der Waals surface area (Å²) < 4.78 is 0. The minimum Gasteiger partial charge on any atom is -0.476 e. The van der Waals surface area contributed by atoms with Gasteiger partial charge < -0.3 is 14.9 Å². The number of nitrogens with zero attached hydrogens (tertiary/aromatic N) is 4. The number of anilines is 1. The molecule has 1 aromatic rings. The highest BCUT2D eigenvalue weighted by atomic mass is 16.4. The van der Waals surface area contributed by atoms with Gasteiger partial charge in [-0.15, -0.1) is 10.2 Å². The lowest BCUT2D eigenvalue weighted by Gasteiger charge is -2.20. The summed E-state index contributed by atoms with van der Waals surface area (Å²) in [6.45, 7) is 3.91. The van der Waals surface area contributed by atoms with Crippen molar-refractivity contribution >= 4 is 11.8 Å². The summed E-state index contributed by atoms with van der Waals surface area (Å²) in [6.07, 6.45) is 1.08. The normalized spacial score (nSPS) is 17.8. The molecule has 1 N–H and O–H groups in total. The Hall–Kier alpha value is -1.69. The van der Waals surface area contributed by atoms with Crippen LogP contribution in [0.15, 0.2) is 12.1 Å². The van der Waals surface area contributed by atoms with Crippen molar-refractivity contribution in [2.45, 2.75) is 6.42 Å². The van der Waals surface area contributed by atoms with E-state index >= 15 is 0 Å². The van der Waals surface area contributed by atoms with Crippen molar-refractivity contribution in [3.63, 3.8) is 0 Å². The number of carboxylic acids is 1. The number of hydrogen-bond donors (Lipinski definition) is 1. The van der Waals surface area contributed by atoms with Crippen molar-refractivity contribution in [1.82, 2.24) is 15.1 Å². The summed E-state index contributed by atoms with van der Waals surface area (Å²) in [5.41, 5.74) is -0.0133. The Balaban J connectivity index is 2.08. The van der Waals surface area contributed by atoms with Gasteiger partial charge in [-0.25, -0.2) is 4.79 Å². The second-order valence-corrected chi connectivity index (χ2v) is 4.23. The first-order valence-electron chi connectivity index (χ1n) is 5.67. The second kappa shape index (κ2) is 5.09. The third-order valence-corrected chi connectivity index (χ3v) is 2.91. The van der Waals surface area contributed by atoms with Crippen molar-refractivity contribution in [3.8, 4) is 0 Å². The maximum atomic E-state index is 10.7. The topological polar surface area (TPSA) is 69.6 Å². The molecule has 2 rings (SSSR count). The smallest absolute Gasteiger partial charge is 0.356 e. The van der Waals surface area contributed by atoms with E-state index in [9.17, 15) is 4.79 Å². The van der Waals surface area contributed by atoms with Crippen LogP contribution in [-0.4, -0.2) is 59.4 Å². The van der Waals surface area contributed by atoms with E-state index in [1.165, 1.54) is 6.07 Å². The Morgan fingerprint density at radius 3 is 2.71 bits per heavy atom. The van der Waals surface area contributed by atoms with Gasteiger partial charge in [0.1, 0.15) is 0 Å². The SMILES string of the molecule is CN1CCCN(c2ccc(C(=O)O)nn2)CC1. The summed E-state index contributed by atoms with van der Waals surface area (Å²) in [5.74, 6) is -0.287. The fourth-order valence-electron chi connectivity index (χ4n) is 1.88. The number of carbonyl (C=O) groups is 1. The van der Waals surface area contributed by atoms with Gasteiger partial charge in [0.15, 0.2) is 11.5 Å². The predicted octanol–water partition coefficient (Wildman–Crippen LogP) is 0.317. The summed E-state index contributed by atoms with van der Waals surface area (Å²) in [5, 5.41) is 16.4. The fraction of sp³-hybridized carbons (Fsp3) is 0.545. The fourth-order valence-corrected chi connectivity index (χ4v) is 1.88. The highest BCUT2D eigenvalue weighted by Crippen LogP contribution is 2.12. The molecule has 0 aromatic carbocycles. The number of likely N-dealkylation sites (N-methyl/N-ethyl adjacent to an activating group) is 1. The number of aromatic nitrogens is 2. The molecule has 6 heteroatoms. The Kier molecular flexibility index (Phi) is 3.53. The summed E-state index contributed by atoms with van der Waals surface area (Å²) in [6, 6.07) is 3.22. The van der Waals surface area contributed by atoms with E-state index in [0.717, 1.165) is 38.4 Å². The Morgan fingerprint density at radius 1 is 1.24 bits per heavy atom. The first-order chi connectivity index (χ1) is 8.16. The van der Waals surface area contributed by atoms with E-state index in [0.29, 0.717) is 0 Å². The lowest BCUT2D eigenvalue weighted by Crippen LogP contribution is -2.29. The lowest BCUT2D eigenvalue weighted by molar-refractivity contribution is 0.0689. The minimum atomic E-state index is -1.04. The zero-order valence-corrected chi connectivity index (χ0v) is 9.83. The highest BCUT2D eigenvalue weighted by molar-refractivity contribution is 5.85. The number of rotatable bonds is 2. The largest absolute Gasteiger partial charge is 0.476 e. The molecule has 0 unspecified atom stereocenters. The minimum absolute atomic E-state index is 0.0133. The van der Waals surface area contributed by atoms with Gasteiger partial charge in [-0.05, 0) is 32.1 Å². The van der Waals surface area contributed by atoms with E-state index < -0.39 is 5.97 Å². The zero-order valence-electron chi connectivity index (χ0n) is 9.83. The van der Waals surface area contributed by atoms with E-state index in [1.54, 1.807) is 6.07 Å². The van der Waals surface area contributed by atoms with Gasteiger partial charge in [-0.3, -0.25) is 0 Å². The van der Waals surface area contributed by atoms with Gasteiger partial charge in [0, 0.05) is 19.6 Å².